The van der Waals surface area contributed by atoms with Crippen LogP contribution in [0.3, 0.4) is 0 Å². The monoisotopic (exact) mass is 544 g/mol. The van der Waals surface area contributed by atoms with Crippen LogP contribution >= 0.6 is 0 Å². The molecule has 10 nitrogen and oxygen atoms in total. The lowest BCUT2D eigenvalue weighted by Crippen LogP contribution is -2.53. The van der Waals surface area contributed by atoms with Crippen LogP contribution in [-0.2, 0) is 14.4 Å². The van der Waals surface area contributed by atoms with Crippen LogP contribution in [0.5, 0.6) is 5.75 Å². The average molecular weight is 545 g/mol. The van der Waals surface area contributed by atoms with Crippen molar-refractivity contribution in [3.8, 4) is 5.75 Å². The predicted octanol–water partition coefficient (Wildman–Crippen LogP) is 3.08. The predicted molar refractivity (Wildman–Crippen MR) is 147 cm³/mol. The Balaban J connectivity index is 1.63. The van der Waals surface area contributed by atoms with Crippen LogP contribution in [0.25, 0.3) is 0 Å². The van der Waals surface area contributed by atoms with Gasteiger partial charge in [-0.25, -0.2) is 10.4 Å². The number of rotatable bonds is 13. The molecule has 1 aromatic carbocycles. The number of nitrogens with one attached hydrogen (secondary N) is 2. The number of carboxylic acid groups (broad SMARTS) is 1. The van der Waals surface area contributed by atoms with Gasteiger partial charge in [0.1, 0.15) is 5.75 Å². The van der Waals surface area contributed by atoms with Crippen LogP contribution in [0, 0.1) is 17.8 Å². The molecule has 0 aliphatic carbocycles. The van der Waals surface area contributed by atoms with Crippen LogP contribution in [-0.4, -0.2) is 78.0 Å². The van der Waals surface area contributed by atoms with Gasteiger partial charge in [-0.05, 0) is 87.7 Å². The highest BCUT2D eigenvalue weighted by Gasteiger charge is 2.34. The number of piperidine rings is 2. The molecule has 2 aliphatic heterocycles. The Morgan fingerprint density at radius 1 is 1.10 bits per heavy atom. The van der Waals surface area contributed by atoms with E-state index >= 15 is 0 Å². The summed E-state index contributed by atoms with van der Waals surface area (Å²) in [5.41, 5.74) is 3.02. The van der Waals surface area contributed by atoms with E-state index in [1.807, 2.05) is 0 Å². The van der Waals surface area contributed by atoms with Gasteiger partial charge in [0.2, 0.25) is 11.8 Å². The first-order valence-corrected chi connectivity index (χ1v) is 14.3. The molecule has 2 aliphatic rings. The average Bonchev–Trinajstić information content (AvgIpc) is 2.94. The smallest absolute Gasteiger partial charge is 0.304 e. The number of hydrogen-bond donors (Lipinski definition) is 3. The van der Waals surface area contributed by atoms with E-state index in [1.165, 1.54) is 0 Å². The third kappa shape index (κ3) is 9.93. The van der Waals surface area contributed by atoms with Crippen molar-refractivity contribution < 1.29 is 29.0 Å². The molecule has 3 rings (SSSR count). The summed E-state index contributed by atoms with van der Waals surface area (Å²) in [5.74, 6) is -0.828. The second-order valence-corrected chi connectivity index (χ2v) is 11.0. The summed E-state index contributed by atoms with van der Waals surface area (Å²) in [6, 6.07) is 6.58. The molecule has 3 amide bonds. The first-order valence-electron chi connectivity index (χ1n) is 14.3. The number of hydrazine groups is 1. The molecule has 10 heteroatoms. The molecule has 216 valence electrons. The minimum atomic E-state index is -1.03. The fraction of sp³-hybridized carbons (Fsp3) is 0.655. The van der Waals surface area contributed by atoms with Crippen molar-refractivity contribution >= 4 is 23.7 Å². The second-order valence-electron chi connectivity index (χ2n) is 11.0. The minimum absolute atomic E-state index is 0.0517. The Morgan fingerprint density at radius 3 is 2.49 bits per heavy atom. The highest BCUT2D eigenvalue weighted by molar-refractivity contribution is 6.05. The molecular weight excluding hydrogens is 500 g/mol. The van der Waals surface area contributed by atoms with Gasteiger partial charge in [0.25, 0.3) is 5.91 Å². The normalized spacial score (nSPS) is 18.1. The lowest BCUT2D eigenvalue weighted by molar-refractivity contribution is -0.142. The molecule has 39 heavy (non-hydrogen) atoms. The molecule has 1 aromatic rings. The third-order valence-corrected chi connectivity index (χ3v) is 7.45. The van der Waals surface area contributed by atoms with Crippen molar-refractivity contribution in [1.29, 1.82) is 0 Å². The zero-order valence-electron chi connectivity index (χ0n) is 23.3. The van der Waals surface area contributed by atoms with Gasteiger partial charge in [-0.3, -0.25) is 19.2 Å². The van der Waals surface area contributed by atoms with E-state index in [0.717, 1.165) is 43.8 Å². The second kappa shape index (κ2) is 15.6. The maximum atomic E-state index is 13.6. The number of aliphatic carboxylic acids is 1. The standard InChI is InChI=1S/C29H44N4O6/c1-21(2)14-19-39-25-8-6-23(7-9-25)28(37)33(31-17-13-27(35)36)29(38)24-4-3-18-32(20-24)26(34)10-5-22-11-15-30-16-12-22/h6-9,21-22,24,30-31H,3-5,10-20H2,1-2H3,(H,35,36)/t24-/m1/s1. The molecule has 2 fully saturated rings. The van der Waals surface area contributed by atoms with Crippen molar-refractivity contribution in [1.82, 2.24) is 20.7 Å². The molecule has 2 saturated heterocycles. The molecule has 0 bridgehead atoms. The van der Waals surface area contributed by atoms with Gasteiger partial charge in [0.05, 0.1) is 18.9 Å². The topological polar surface area (TPSA) is 128 Å². The zero-order valence-corrected chi connectivity index (χ0v) is 23.3. The summed E-state index contributed by atoms with van der Waals surface area (Å²) >= 11 is 0. The zero-order chi connectivity index (χ0) is 28.2. The van der Waals surface area contributed by atoms with Crippen molar-refractivity contribution in [2.75, 3.05) is 39.3 Å². The number of imide groups is 1. The fourth-order valence-corrected chi connectivity index (χ4v) is 5.00. The van der Waals surface area contributed by atoms with Gasteiger partial charge in [-0.2, -0.15) is 0 Å². The number of likely N-dealkylation sites (tertiary alicyclic amines) is 1. The summed E-state index contributed by atoms with van der Waals surface area (Å²) < 4.78 is 5.73. The Labute approximate surface area is 231 Å². The molecule has 0 unspecified atom stereocenters. The van der Waals surface area contributed by atoms with E-state index in [2.05, 4.69) is 24.6 Å². The van der Waals surface area contributed by atoms with Gasteiger partial charge in [-0.15, -0.1) is 0 Å². The lowest BCUT2D eigenvalue weighted by atomic mass is 9.92. The molecule has 0 aromatic heterocycles. The quantitative estimate of drug-likeness (QED) is 0.255. The highest BCUT2D eigenvalue weighted by atomic mass is 16.5. The first kappa shape index (κ1) is 30.6. The maximum absolute atomic E-state index is 13.6. The van der Waals surface area contributed by atoms with Crippen LogP contribution < -0.4 is 15.5 Å². The number of hydrogen-bond acceptors (Lipinski definition) is 7. The van der Waals surface area contributed by atoms with Crippen molar-refractivity contribution in [3.63, 3.8) is 0 Å². The summed E-state index contributed by atoms with van der Waals surface area (Å²) in [5, 5.41) is 13.3. The van der Waals surface area contributed by atoms with E-state index in [4.69, 9.17) is 9.84 Å². The van der Waals surface area contributed by atoms with Crippen LogP contribution in [0.2, 0.25) is 0 Å². The fourth-order valence-electron chi connectivity index (χ4n) is 5.00. The number of carbonyl (C=O) groups is 4. The van der Waals surface area contributed by atoms with Crippen molar-refractivity contribution in [2.45, 2.75) is 65.2 Å². The summed E-state index contributed by atoms with van der Waals surface area (Å²) in [7, 11) is 0. The first-order chi connectivity index (χ1) is 18.7. The minimum Gasteiger partial charge on any atom is -0.494 e. The SMILES string of the molecule is CC(C)CCOc1ccc(C(=O)N(NCCC(=O)O)C(=O)[C@@H]2CCCN(C(=O)CCC3CCNCC3)C2)cc1. The number of carboxylic acids is 1. The van der Waals surface area contributed by atoms with E-state index < -0.39 is 23.7 Å². The van der Waals surface area contributed by atoms with Crippen molar-refractivity contribution in [2.24, 2.45) is 17.8 Å². The van der Waals surface area contributed by atoms with Gasteiger partial charge < -0.3 is 20.1 Å². The van der Waals surface area contributed by atoms with Gasteiger partial charge in [0.15, 0.2) is 0 Å². The maximum Gasteiger partial charge on any atom is 0.304 e. The largest absolute Gasteiger partial charge is 0.494 e. The van der Waals surface area contributed by atoms with Gasteiger partial charge >= 0.3 is 5.97 Å². The Bertz CT molecular complexity index is 961. The molecule has 0 spiro atoms. The van der Waals surface area contributed by atoms with E-state index in [9.17, 15) is 19.2 Å². The molecule has 1 atom stereocenters. The van der Waals surface area contributed by atoms with Crippen LogP contribution in [0.4, 0.5) is 0 Å². The Hall–Kier alpha value is -2.98. The van der Waals surface area contributed by atoms with E-state index in [-0.39, 0.29) is 31.0 Å². The number of nitrogens with zero attached hydrogens (tertiary/aromatic N) is 2. The van der Waals surface area contributed by atoms with Crippen LogP contribution in [0.15, 0.2) is 24.3 Å². The molecule has 0 radical (unpaired) electrons. The van der Waals surface area contributed by atoms with Gasteiger partial charge in [0, 0.05) is 31.6 Å². The molecule has 2 heterocycles. The molecule has 0 saturated carbocycles. The molecule has 3 N–H and O–H groups in total. The lowest BCUT2D eigenvalue weighted by Gasteiger charge is -2.35. The number of ether oxygens (including phenoxy) is 1. The third-order valence-electron chi connectivity index (χ3n) is 7.45. The van der Waals surface area contributed by atoms with E-state index in [0.29, 0.717) is 50.0 Å². The van der Waals surface area contributed by atoms with Crippen molar-refractivity contribution in [3.05, 3.63) is 29.8 Å². The Morgan fingerprint density at radius 2 is 1.82 bits per heavy atom. The van der Waals surface area contributed by atoms with Crippen LogP contribution in [0.1, 0.15) is 75.6 Å². The number of carbonyl (C=O) groups excluding carboxylic acids is 3. The summed E-state index contributed by atoms with van der Waals surface area (Å²) in [6.45, 7) is 7.58. The van der Waals surface area contributed by atoms with Gasteiger partial charge in [-0.1, -0.05) is 13.8 Å². The molecular formula is C29H44N4O6. The Kier molecular flexibility index (Phi) is 12.2. The number of amides is 3. The summed E-state index contributed by atoms with van der Waals surface area (Å²) in [6.07, 6.45) is 5.39. The summed E-state index contributed by atoms with van der Waals surface area (Å²) in [4.78, 5) is 52.7. The number of benzene rings is 1. The van der Waals surface area contributed by atoms with E-state index in [1.54, 1.807) is 29.2 Å². The highest BCUT2D eigenvalue weighted by Crippen LogP contribution is 2.23.